The van der Waals surface area contributed by atoms with Gasteiger partial charge in [0.25, 0.3) is 5.78 Å². The van der Waals surface area contributed by atoms with Crippen LogP contribution in [0, 0.1) is 0 Å². The van der Waals surface area contributed by atoms with Gasteiger partial charge in [-0.3, -0.25) is 14.5 Å². The quantitative estimate of drug-likeness (QED) is 0.0997. The van der Waals surface area contributed by atoms with Crippen molar-refractivity contribution in [1.82, 2.24) is 4.98 Å². The van der Waals surface area contributed by atoms with Crippen LogP contribution < -0.4 is 19.1 Å². The molecule has 42 heavy (non-hydrogen) atoms. The first-order valence-electron chi connectivity index (χ1n) is 14.2. The second kappa shape index (κ2) is 11.5. The topological polar surface area (TPSA) is 98.2 Å². The number of unbranched alkanes of at least 4 members (excludes halogenated alkanes) is 1. The number of aliphatic hydroxyl groups is 1. The number of anilines is 1. The van der Waals surface area contributed by atoms with Crippen LogP contribution in [0.5, 0.6) is 17.2 Å². The van der Waals surface area contributed by atoms with E-state index in [1.807, 2.05) is 62.4 Å². The number of aliphatic hydroxyl groups excluding tert-OH is 1. The number of ether oxygens (including phenoxy) is 3. The minimum absolute atomic E-state index is 0.0147. The smallest absolute Gasteiger partial charge is 0.301 e. The van der Waals surface area contributed by atoms with Crippen molar-refractivity contribution >= 4 is 44.1 Å². The molecule has 0 spiro atoms. The maximum atomic E-state index is 13.7. The Kier molecular flexibility index (Phi) is 7.60. The third-order valence-corrected chi connectivity index (χ3v) is 8.46. The van der Waals surface area contributed by atoms with Gasteiger partial charge in [-0.05, 0) is 79.9 Å². The van der Waals surface area contributed by atoms with Crippen LogP contribution in [0.3, 0.4) is 0 Å². The second-order valence-electron chi connectivity index (χ2n) is 10.5. The van der Waals surface area contributed by atoms with E-state index in [0.29, 0.717) is 52.9 Å². The Hall–Kier alpha value is -4.37. The molecule has 8 nitrogen and oxygen atoms in total. The maximum absolute atomic E-state index is 13.7. The predicted octanol–water partition coefficient (Wildman–Crippen LogP) is 6.82. The van der Waals surface area contributed by atoms with Crippen molar-refractivity contribution < 1.29 is 28.9 Å². The van der Waals surface area contributed by atoms with Crippen LogP contribution in [0.4, 0.5) is 5.13 Å². The van der Waals surface area contributed by atoms with Gasteiger partial charge in [0.1, 0.15) is 29.1 Å². The number of benzene rings is 3. The molecule has 4 aromatic rings. The van der Waals surface area contributed by atoms with Gasteiger partial charge in [-0.2, -0.15) is 0 Å². The number of rotatable bonds is 9. The van der Waals surface area contributed by atoms with Gasteiger partial charge in [0, 0.05) is 12.0 Å². The molecule has 9 heteroatoms. The Morgan fingerprint density at radius 2 is 1.83 bits per heavy atom. The second-order valence-corrected chi connectivity index (χ2v) is 11.5. The standard InChI is InChI=1S/C33H32N2O6S/c1-4-6-15-40-23-10-7-20(8-11-23)29-28(30(36)21-9-14-26-22(17-21)16-19(3)41-26)31(37)32(38)35(29)33-34-25-13-12-24(39-5-2)18-27(25)42-33/h7-14,17-19,29,36H,4-6,15-16H2,1-3H3/b30-28-. The largest absolute Gasteiger partial charge is 0.507 e. The monoisotopic (exact) mass is 584 g/mol. The molecule has 2 aliphatic rings. The average Bonchev–Trinajstić information content (AvgIpc) is 3.65. The first kappa shape index (κ1) is 27.8. The normalized spacial score (nSPS) is 19.3. The summed E-state index contributed by atoms with van der Waals surface area (Å²) in [5.74, 6) is 0.418. The SMILES string of the molecule is CCCCOc1ccc(C2/C(=C(/O)c3ccc4c(c3)CC(C)O4)C(=O)C(=O)N2c2nc3ccc(OCC)cc3s2)cc1. The molecule has 0 bridgehead atoms. The zero-order valence-corrected chi connectivity index (χ0v) is 24.6. The Bertz CT molecular complexity index is 1690. The van der Waals surface area contributed by atoms with Gasteiger partial charge in [-0.15, -0.1) is 0 Å². The minimum atomic E-state index is -0.884. The van der Waals surface area contributed by atoms with E-state index in [-0.39, 0.29) is 17.4 Å². The van der Waals surface area contributed by atoms with E-state index < -0.39 is 17.7 Å². The van der Waals surface area contributed by atoms with Crippen molar-refractivity contribution in [2.24, 2.45) is 0 Å². The summed E-state index contributed by atoms with van der Waals surface area (Å²) in [6.07, 6.45) is 2.69. The lowest BCUT2D eigenvalue weighted by atomic mass is 9.94. The number of nitrogens with zero attached hydrogens (tertiary/aromatic N) is 2. The van der Waals surface area contributed by atoms with Gasteiger partial charge in [-0.1, -0.05) is 36.8 Å². The zero-order valence-electron chi connectivity index (χ0n) is 23.8. The Morgan fingerprint density at radius 1 is 1.05 bits per heavy atom. The van der Waals surface area contributed by atoms with Crippen molar-refractivity contribution in [3.63, 3.8) is 0 Å². The lowest BCUT2D eigenvalue weighted by Crippen LogP contribution is -2.29. The summed E-state index contributed by atoms with van der Waals surface area (Å²) in [6, 6.07) is 17.3. The van der Waals surface area contributed by atoms with Gasteiger partial charge >= 0.3 is 5.91 Å². The van der Waals surface area contributed by atoms with Gasteiger partial charge in [0.2, 0.25) is 0 Å². The van der Waals surface area contributed by atoms with Gasteiger partial charge in [0.15, 0.2) is 5.13 Å². The molecule has 0 saturated carbocycles. The highest BCUT2D eigenvalue weighted by Gasteiger charge is 2.48. The Balaban J connectivity index is 1.46. The fraction of sp³-hybridized carbons (Fsp3) is 0.303. The molecule has 1 saturated heterocycles. The average molecular weight is 585 g/mol. The highest BCUT2D eigenvalue weighted by atomic mass is 32.1. The molecule has 6 rings (SSSR count). The molecule has 1 N–H and O–H groups in total. The molecule has 0 aliphatic carbocycles. The zero-order chi connectivity index (χ0) is 29.4. The van der Waals surface area contributed by atoms with Crippen LogP contribution >= 0.6 is 11.3 Å². The van der Waals surface area contributed by atoms with E-state index in [9.17, 15) is 14.7 Å². The number of carbonyl (C=O) groups is 2. The number of fused-ring (bicyclic) bond motifs is 2. The molecule has 2 aliphatic heterocycles. The van der Waals surface area contributed by atoms with Crippen molar-refractivity contribution in [2.45, 2.75) is 52.2 Å². The van der Waals surface area contributed by atoms with Crippen LogP contribution in [0.2, 0.25) is 0 Å². The molecule has 1 fully saturated rings. The highest BCUT2D eigenvalue weighted by Crippen LogP contribution is 2.45. The summed E-state index contributed by atoms with van der Waals surface area (Å²) in [5.41, 5.74) is 2.76. The molecule has 3 heterocycles. The lowest BCUT2D eigenvalue weighted by molar-refractivity contribution is -0.132. The van der Waals surface area contributed by atoms with Crippen molar-refractivity contribution in [2.75, 3.05) is 18.1 Å². The minimum Gasteiger partial charge on any atom is -0.507 e. The third kappa shape index (κ3) is 5.09. The summed E-state index contributed by atoms with van der Waals surface area (Å²) in [6.45, 7) is 7.12. The Labute approximate surface area is 248 Å². The van der Waals surface area contributed by atoms with E-state index >= 15 is 0 Å². The van der Waals surface area contributed by atoms with Crippen LogP contribution in [0.1, 0.15) is 56.3 Å². The molecule has 216 valence electrons. The highest BCUT2D eigenvalue weighted by molar-refractivity contribution is 7.22. The van der Waals surface area contributed by atoms with Crippen LogP contribution in [-0.2, 0) is 16.0 Å². The van der Waals surface area contributed by atoms with E-state index in [4.69, 9.17) is 19.2 Å². The van der Waals surface area contributed by atoms with E-state index in [1.54, 1.807) is 12.1 Å². The summed E-state index contributed by atoms with van der Waals surface area (Å²) < 4.78 is 18.1. The maximum Gasteiger partial charge on any atom is 0.301 e. The number of hydrogen-bond acceptors (Lipinski definition) is 8. The first-order valence-corrected chi connectivity index (χ1v) is 15.1. The van der Waals surface area contributed by atoms with Crippen molar-refractivity contribution in [3.8, 4) is 17.2 Å². The number of ketones is 1. The number of thiazole rings is 1. The first-order chi connectivity index (χ1) is 20.4. The third-order valence-electron chi connectivity index (χ3n) is 7.44. The van der Waals surface area contributed by atoms with E-state index in [1.165, 1.54) is 16.2 Å². The number of carbonyl (C=O) groups excluding carboxylic acids is 2. The van der Waals surface area contributed by atoms with Crippen LogP contribution in [-0.4, -0.2) is 41.1 Å². The number of amides is 1. The fourth-order valence-corrected chi connectivity index (χ4v) is 6.42. The van der Waals surface area contributed by atoms with E-state index in [0.717, 1.165) is 28.9 Å². The fourth-order valence-electron chi connectivity index (χ4n) is 5.40. The van der Waals surface area contributed by atoms with Crippen molar-refractivity contribution in [1.29, 1.82) is 0 Å². The molecular formula is C33H32N2O6S. The van der Waals surface area contributed by atoms with Crippen LogP contribution in [0.15, 0.2) is 66.2 Å². The molecule has 2 unspecified atom stereocenters. The lowest BCUT2D eigenvalue weighted by Gasteiger charge is -2.23. The van der Waals surface area contributed by atoms with Crippen molar-refractivity contribution in [3.05, 3.63) is 82.9 Å². The molecular weight excluding hydrogens is 552 g/mol. The number of Topliss-reactive ketones (excluding diaryl/α,β-unsaturated/α-hetero) is 1. The Morgan fingerprint density at radius 3 is 2.60 bits per heavy atom. The molecule has 3 aromatic carbocycles. The van der Waals surface area contributed by atoms with E-state index in [2.05, 4.69) is 6.92 Å². The molecule has 1 aromatic heterocycles. The van der Waals surface area contributed by atoms with Gasteiger partial charge in [0.05, 0.1) is 35.0 Å². The molecule has 0 radical (unpaired) electrons. The summed E-state index contributed by atoms with van der Waals surface area (Å²) in [5, 5.41) is 12.0. The molecule has 1 amide bonds. The summed E-state index contributed by atoms with van der Waals surface area (Å²) in [4.78, 5) is 33.5. The predicted molar refractivity (Wildman–Crippen MR) is 163 cm³/mol. The summed E-state index contributed by atoms with van der Waals surface area (Å²) in [7, 11) is 0. The molecule has 2 atom stereocenters. The van der Waals surface area contributed by atoms with Crippen LogP contribution in [0.25, 0.3) is 16.0 Å². The number of hydrogen-bond donors (Lipinski definition) is 1. The van der Waals surface area contributed by atoms with Gasteiger partial charge < -0.3 is 19.3 Å². The summed E-state index contributed by atoms with van der Waals surface area (Å²) >= 11 is 1.30. The van der Waals surface area contributed by atoms with Gasteiger partial charge in [-0.25, -0.2) is 4.98 Å². The number of aromatic nitrogens is 1.